The van der Waals surface area contributed by atoms with E-state index in [9.17, 15) is 18.5 Å². The van der Waals surface area contributed by atoms with Crippen LogP contribution in [0, 0.1) is 10.1 Å². The number of sulfonamides is 1. The molecule has 0 radical (unpaired) electrons. The monoisotopic (exact) mass is 349 g/mol. The van der Waals surface area contributed by atoms with Gasteiger partial charge in [-0.1, -0.05) is 42.5 Å². The number of nitro groups is 1. The summed E-state index contributed by atoms with van der Waals surface area (Å²) in [5.74, 6) is 0. The molecule has 2 rings (SSSR count). The van der Waals surface area contributed by atoms with Crippen LogP contribution in [0.25, 0.3) is 0 Å². The van der Waals surface area contributed by atoms with Crippen LogP contribution in [0.4, 0.5) is 5.69 Å². The molecule has 2 aromatic carbocycles. The Kier molecular flexibility index (Phi) is 6.02. The highest BCUT2D eigenvalue weighted by atomic mass is 32.2. The predicted molar refractivity (Wildman–Crippen MR) is 91.3 cm³/mol. The second-order valence-electron chi connectivity index (χ2n) is 5.25. The summed E-state index contributed by atoms with van der Waals surface area (Å²) < 4.78 is 27.2. The van der Waals surface area contributed by atoms with Crippen molar-refractivity contribution >= 4 is 15.7 Å². The molecule has 0 heterocycles. The van der Waals surface area contributed by atoms with Crippen LogP contribution in [0.1, 0.15) is 5.56 Å². The molecular weight excluding hydrogens is 330 g/mol. The van der Waals surface area contributed by atoms with Crippen molar-refractivity contribution < 1.29 is 13.3 Å². The quantitative estimate of drug-likeness (QED) is 0.558. The summed E-state index contributed by atoms with van der Waals surface area (Å²) in [5.41, 5.74) is 0.635. The van der Waals surface area contributed by atoms with E-state index < -0.39 is 20.6 Å². The minimum absolute atomic E-state index is 0.125. The summed E-state index contributed by atoms with van der Waals surface area (Å²) in [7, 11) is -2.22. The summed E-state index contributed by atoms with van der Waals surface area (Å²) in [6.07, 6.45) is 0.636. The van der Waals surface area contributed by atoms with Gasteiger partial charge in [-0.3, -0.25) is 10.1 Å². The number of hydrogen-bond donors (Lipinski definition) is 2. The third-order valence-corrected chi connectivity index (χ3v) is 5.08. The lowest BCUT2D eigenvalue weighted by molar-refractivity contribution is -0.387. The Hall–Kier alpha value is -2.29. The summed E-state index contributed by atoms with van der Waals surface area (Å²) in [6.45, 7) is 0.125. The van der Waals surface area contributed by atoms with Gasteiger partial charge in [0.1, 0.15) is 0 Å². The van der Waals surface area contributed by atoms with Gasteiger partial charge >= 0.3 is 0 Å². The van der Waals surface area contributed by atoms with Crippen LogP contribution in [-0.2, 0) is 16.4 Å². The lowest BCUT2D eigenvalue weighted by atomic mass is 10.1. The van der Waals surface area contributed by atoms with E-state index in [4.69, 9.17) is 0 Å². The number of nitro benzene ring substituents is 1. The van der Waals surface area contributed by atoms with Crippen molar-refractivity contribution in [1.82, 2.24) is 10.0 Å². The Balaban J connectivity index is 2.10. The lowest BCUT2D eigenvalue weighted by Gasteiger charge is -2.17. The zero-order valence-corrected chi connectivity index (χ0v) is 14.0. The fraction of sp³-hybridized carbons (Fsp3) is 0.250. The average Bonchev–Trinajstić information content (AvgIpc) is 2.59. The van der Waals surface area contributed by atoms with Gasteiger partial charge in [-0.2, -0.15) is 0 Å². The molecule has 0 aromatic heterocycles. The molecule has 24 heavy (non-hydrogen) atoms. The highest BCUT2D eigenvalue weighted by Gasteiger charge is 2.25. The van der Waals surface area contributed by atoms with Crippen LogP contribution < -0.4 is 10.0 Å². The van der Waals surface area contributed by atoms with E-state index in [0.717, 1.165) is 5.56 Å². The standard InChI is InChI=1S/C16H19N3O4S/c1-17-14(11-13-7-3-2-4-8-13)12-18-24(22,23)16-10-6-5-9-15(16)19(20)21/h2-10,14,17-18H,11-12H2,1H3. The van der Waals surface area contributed by atoms with Gasteiger partial charge in [-0.25, -0.2) is 13.1 Å². The number of nitrogens with one attached hydrogen (secondary N) is 2. The number of nitrogens with zero attached hydrogens (tertiary/aromatic N) is 1. The molecule has 1 atom stereocenters. The first-order valence-electron chi connectivity index (χ1n) is 7.38. The van der Waals surface area contributed by atoms with Crippen LogP contribution in [0.5, 0.6) is 0 Å². The van der Waals surface area contributed by atoms with Crippen LogP contribution in [0.2, 0.25) is 0 Å². The van der Waals surface area contributed by atoms with Gasteiger partial charge in [0.25, 0.3) is 5.69 Å². The Morgan fingerprint density at radius 2 is 1.71 bits per heavy atom. The SMILES string of the molecule is CNC(CNS(=O)(=O)c1ccccc1[N+](=O)[O-])Cc1ccccc1. The number of hydrogen-bond acceptors (Lipinski definition) is 5. The van der Waals surface area contributed by atoms with Crippen molar-refractivity contribution in [3.05, 3.63) is 70.3 Å². The number of benzene rings is 2. The van der Waals surface area contributed by atoms with Crippen LogP contribution >= 0.6 is 0 Å². The molecule has 7 nitrogen and oxygen atoms in total. The fourth-order valence-corrected chi connectivity index (χ4v) is 3.55. The Morgan fingerprint density at radius 3 is 2.33 bits per heavy atom. The van der Waals surface area contributed by atoms with Crippen molar-refractivity contribution in [1.29, 1.82) is 0 Å². The minimum atomic E-state index is -3.97. The smallest absolute Gasteiger partial charge is 0.289 e. The van der Waals surface area contributed by atoms with Crippen molar-refractivity contribution in [2.45, 2.75) is 17.4 Å². The Bertz CT molecular complexity index is 794. The van der Waals surface area contributed by atoms with Crippen LogP contribution in [0.15, 0.2) is 59.5 Å². The maximum atomic E-state index is 12.4. The largest absolute Gasteiger partial charge is 0.315 e. The molecule has 2 aromatic rings. The molecular formula is C16H19N3O4S. The molecule has 0 spiro atoms. The van der Waals surface area contributed by atoms with Crippen molar-refractivity contribution in [2.24, 2.45) is 0 Å². The van der Waals surface area contributed by atoms with Gasteiger partial charge in [0, 0.05) is 18.7 Å². The van der Waals surface area contributed by atoms with Gasteiger partial charge in [0.15, 0.2) is 4.90 Å². The Morgan fingerprint density at radius 1 is 1.08 bits per heavy atom. The Labute approximate surface area is 140 Å². The number of rotatable bonds is 8. The summed E-state index contributed by atoms with van der Waals surface area (Å²) in [4.78, 5) is 9.98. The first kappa shape index (κ1) is 18.1. The number of para-hydroxylation sites is 1. The average molecular weight is 349 g/mol. The fourth-order valence-electron chi connectivity index (χ4n) is 2.30. The molecule has 1 unspecified atom stereocenters. The van der Waals surface area contributed by atoms with E-state index in [1.807, 2.05) is 30.3 Å². The van der Waals surface area contributed by atoms with E-state index in [0.29, 0.717) is 6.42 Å². The molecule has 2 N–H and O–H groups in total. The summed E-state index contributed by atoms with van der Waals surface area (Å²) in [6, 6.07) is 14.8. The zero-order valence-electron chi connectivity index (χ0n) is 13.2. The molecule has 0 aliphatic heterocycles. The van der Waals surface area contributed by atoms with Crippen molar-refractivity contribution in [2.75, 3.05) is 13.6 Å². The highest BCUT2D eigenvalue weighted by Crippen LogP contribution is 2.22. The summed E-state index contributed by atoms with van der Waals surface area (Å²) in [5, 5.41) is 14.1. The molecule has 0 aliphatic rings. The molecule has 0 amide bonds. The molecule has 0 saturated carbocycles. The first-order valence-corrected chi connectivity index (χ1v) is 8.86. The van der Waals surface area contributed by atoms with Crippen molar-refractivity contribution in [3.63, 3.8) is 0 Å². The second kappa shape index (κ2) is 8.00. The maximum Gasteiger partial charge on any atom is 0.289 e. The van der Waals surface area contributed by atoms with E-state index >= 15 is 0 Å². The molecule has 128 valence electrons. The third-order valence-electron chi connectivity index (χ3n) is 3.60. The molecule has 0 fully saturated rings. The second-order valence-corrected chi connectivity index (χ2v) is 6.99. The maximum absolute atomic E-state index is 12.4. The van der Waals surface area contributed by atoms with E-state index in [-0.39, 0.29) is 17.5 Å². The predicted octanol–water partition coefficient (Wildman–Crippen LogP) is 1.70. The van der Waals surface area contributed by atoms with E-state index in [2.05, 4.69) is 10.0 Å². The first-order chi connectivity index (χ1) is 11.4. The lowest BCUT2D eigenvalue weighted by Crippen LogP contribution is -2.40. The minimum Gasteiger partial charge on any atom is -0.315 e. The van der Waals surface area contributed by atoms with E-state index in [1.54, 1.807) is 7.05 Å². The molecule has 0 saturated heterocycles. The number of likely N-dealkylation sites (N-methyl/N-ethyl adjacent to an activating group) is 1. The molecule has 0 bridgehead atoms. The highest BCUT2D eigenvalue weighted by molar-refractivity contribution is 7.89. The van der Waals surface area contributed by atoms with Gasteiger partial charge in [-0.05, 0) is 25.1 Å². The van der Waals surface area contributed by atoms with Gasteiger partial charge in [-0.15, -0.1) is 0 Å². The van der Waals surface area contributed by atoms with Crippen LogP contribution in [0.3, 0.4) is 0 Å². The van der Waals surface area contributed by atoms with Gasteiger partial charge in [0.2, 0.25) is 10.0 Å². The molecule has 8 heteroatoms. The van der Waals surface area contributed by atoms with Gasteiger partial charge < -0.3 is 5.32 Å². The van der Waals surface area contributed by atoms with Gasteiger partial charge in [0.05, 0.1) is 4.92 Å². The van der Waals surface area contributed by atoms with E-state index in [1.165, 1.54) is 24.3 Å². The molecule has 0 aliphatic carbocycles. The van der Waals surface area contributed by atoms with Crippen molar-refractivity contribution in [3.8, 4) is 0 Å². The summed E-state index contributed by atoms with van der Waals surface area (Å²) >= 11 is 0. The normalized spacial score (nSPS) is 12.7. The third kappa shape index (κ3) is 4.60. The topological polar surface area (TPSA) is 101 Å². The van der Waals surface area contributed by atoms with Crippen LogP contribution in [-0.4, -0.2) is 33.0 Å². The zero-order chi connectivity index (χ0) is 17.6.